The van der Waals surface area contributed by atoms with E-state index in [2.05, 4.69) is 15.9 Å². The highest BCUT2D eigenvalue weighted by Crippen LogP contribution is 2.28. The van der Waals surface area contributed by atoms with E-state index in [0.717, 1.165) is 10.5 Å². The summed E-state index contributed by atoms with van der Waals surface area (Å²) in [5, 5.41) is 0.0672. The third-order valence-corrected chi connectivity index (χ3v) is 3.62. The van der Waals surface area contributed by atoms with Crippen molar-refractivity contribution in [3.8, 4) is 0 Å². The van der Waals surface area contributed by atoms with Crippen molar-refractivity contribution in [1.29, 1.82) is 0 Å². The second-order valence-corrected chi connectivity index (χ2v) is 5.51. The summed E-state index contributed by atoms with van der Waals surface area (Å²) in [6.07, 6.45) is 0. The standard InChI is InChI=1S/C14H11BrClFN2O/c1-19(13-5-2-8(15)6-12(13)18)14(20)10-4-3-9(17)7-11(10)16/h2-7H,18H2,1H3. The second-order valence-electron chi connectivity index (χ2n) is 4.19. The molecule has 2 rings (SSSR count). The zero-order valence-corrected chi connectivity index (χ0v) is 12.9. The van der Waals surface area contributed by atoms with Crippen LogP contribution in [0.15, 0.2) is 40.9 Å². The Labute approximate surface area is 129 Å². The Morgan fingerprint density at radius 1 is 1.30 bits per heavy atom. The average Bonchev–Trinajstić information content (AvgIpc) is 2.37. The first kappa shape index (κ1) is 14.8. The van der Waals surface area contributed by atoms with Crippen molar-refractivity contribution in [2.24, 2.45) is 0 Å². The molecule has 0 aromatic heterocycles. The molecule has 0 aliphatic rings. The minimum atomic E-state index is -0.489. The number of halogens is 3. The molecule has 1 amide bonds. The predicted molar refractivity (Wildman–Crippen MR) is 82.7 cm³/mol. The summed E-state index contributed by atoms with van der Waals surface area (Å²) in [5.41, 5.74) is 7.11. The summed E-state index contributed by atoms with van der Waals surface area (Å²) in [4.78, 5) is 13.7. The average molecular weight is 358 g/mol. The normalized spacial score (nSPS) is 10.4. The summed E-state index contributed by atoms with van der Waals surface area (Å²) >= 11 is 9.20. The van der Waals surface area contributed by atoms with Gasteiger partial charge in [-0.05, 0) is 36.4 Å². The number of carbonyl (C=O) groups excluding carboxylic acids is 1. The lowest BCUT2D eigenvalue weighted by Crippen LogP contribution is -2.27. The van der Waals surface area contributed by atoms with Crippen molar-refractivity contribution in [3.05, 3.63) is 57.3 Å². The zero-order chi connectivity index (χ0) is 14.9. The molecule has 6 heteroatoms. The molecule has 0 saturated heterocycles. The Morgan fingerprint density at radius 2 is 2.00 bits per heavy atom. The summed E-state index contributed by atoms with van der Waals surface area (Å²) in [6, 6.07) is 8.85. The highest BCUT2D eigenvalue weighted by Gasteiger charge is 2.18. The van der Waals surface area contributed by atoms with Gasteiger partial charge >= 0.3 is 0 Å². The largest absolute Gasteiger partial charge is 0.397 e. The second kappa shape index (κ2) is 5.81. The van der Waals surface area contributed by atoms with Crippen LogP contribution >= 0.6 is 27.5 Å². The molecular weight excluding hydrogens is 347 g/mol. The molecule has 0 aliphatic carbocycles. The molecule has 0 bridgehead atoms. The fourth-order valence-corrected chi connectivity index (χ4v) is 2.41. The molecule has 2 N–H and O–H groups in total. The fourth-order valence-electron chi connectivity index (χ4n) is 1.78. The maximum atomic E-state index is 13.0. The summed E-state index contributed by atoms with van der Waals surface area (Å²) in [6.45, 7) is 0. The first-order valence-electron chi connectivity index (χ1n) is 5.68. The number of anilines is 2. The van der Waals surface area contributed by atoms with Crippen LogP contribution in [0.5, 0.6) is 0 Å². The molecule has 0 spiro atoms. The molecule has 3 nitrogen and oxygen atoms in total. The molecule has 0 radical (unpaired) electrons. The highest BCUT2D eigenvalue weighted by atomic mass is 79.9. The molecule has 20 heavy (non-hydrogen) atoms. The van der Waals surface area contributed by atoms with Gasteiger partial charge in [0.2, 0.25) is 0 Å². The van der Waals surface area contributed by atoms with Crippen molar-refractivity contribution >= 4 is 44.8 Å². The molecule has 0 fully saturated rings. The molecule has 0 saturated carbocycles. The molecule has 0 heterocycles. The van der Waals surface area contributed by atoms with E-state index in [4.69, 9.17) is 17.3 Å². The van der Waals surface area contributed by atoms with E-state index >= 15 is 0 Å². The van der Waals surface area contributed by atoms with Crippen LogP contribution < -0.4 is 10.6 Å². The Morgan fingerprint density at radius 3 is 2.60 bits per heavy atom. The number of carbonyl (C=O) groups is 1. The maximum Gasteiger partial charge on any atom is 0.259 e. The predicted octanol–water partition coefficient (Wildman–Crippen LogP) is 4.10. The van der Waals surface area contributed by atoms with Gasteiger partial charge in [0, 0.05) is 11.5 Å². The number of amides is 1. The Kier molecular flexibility index (Phi) is 4.30. The van der Waals surface area contributed by atoms with Crippen molar-refractivity contribution < 1.29 is 9.18 Å². The van der Waals surface area contributed by atoms with Gasteiger partial charge < -0.3 is 10.6 Å². The number of rotatable bonds is 2. The van der Waals surface area contributed by atoms with E-state index in [9.17, 15) is 9.18 Å². The third-order valence-electron chi connectivity index (χ3n) is 2.82. The van der Waals surface area contributed by atoms with Gasteiger partial charge in [0.25, 0.3) is 5.91 Å². The summed E-state index contributed by atoms with van der Waals surface area (Å²) in [7, 11) is 1.58. The number of hydrogen-bond donors (Lipinski definition) is 1. The number of nitrogen functional groups attached to an aromatic ring is 1. The van der Waals surface area contributed by atoms with Crippen LogP contribution in [0.2, 0.25) is 5.02 Å². The van der Waals surface area contributed by atoms with Gasteiger partial charge in [-0.1, -0.05) is 27.5 Å². The van der Waals surface area contributed by atoms with Crippen LogP contribution in [-0.4, -0.2) is 13.0 Å². The molecule has 2 aromatic rings. The van der Waals surface area contributed by atoms with Crippen LogP contribution in [0.1, 0.15) is 10.4 Å². The minimum absolute atomic E-state index is 0.0672. The molecule has 0 unspecified atom stereocenters. The quantitative estimate of drug-likeness (QED) is 0.823. The molecule has 0 atom stereocenters. The molecule has 0 aliphatic heterocycles. The van der Waals surface area contributed by atoms with Crippen molar-refractivity contribution in [3.63, 3.8) is 0 Å². The fraction of sp³-hybridized carbons (Fsp3) is 0.0714. The number of nitrogens with zero attached hydrogens (tertiary/aromatic N) is 1. The van der Waals surface area contributed by atoms with Gasteiger partial charge in [0.05, 0.1) is 22.0 Å². The van der Waals surface area contributed by atoms with Crippen LogP contribution in [0.3, 0.4) is 0 Å². The molecule has 2 aromatic carbocycles. The first-order chi connectivity index (χ1) is 9.40. The highest BCUT2D eigenvalue weighted by molar-refractivity contribution is 9.10. The van der Waals surface area contributed by atoms with Gasteiger partial charge in [-0.15, -0.1) is 0 Å². The summed E-state index contributed by atoms with van der Waals surface area (Å²) < 4.78 is 13.8. The lowest BCUT2D eigenvalue weighted by Gasteiger charge is -2.20. The Hall–Kier alpha value is -1.59. The first-order valence-corrected chi connectivity index (χ1v) is 6.85. The monoisotopic (exact) mass is 356 g/mol. The van der Waals surface area contributed by atoms with E-state index in [0.29, 0.717) is 11.4 Å². The van der Waals surface area contributed by atoms with Crippen LogP contribution in [0.4, 0.5) is 15.8 Å². The van der Waals surface area contributed by atoms with Gasteiger partial charge in [-0.25, -0.2) is 4.39 Å². The Balaban J connectivity index is 2.37. The van der Waals surface area contributed by atoms with Gasteiger partial charge in [-0.2, -0.15) is 0 Å². The van der Waals surface area contributed by atoms with E-state index in [1.807, 2.05) is 0 Å². The van der Waals surface area contributed by atoms with Crippen LogP contribution in [-0.2, 0) is 0 Å². The SMILES string of the molecule is CN(C(=O)c1ccc(F)cc1Cl)c1ccc(Br)cc1N. The third kappa shape index (κ3) is 2.94. The van der Waals surface area contributed by atoms with Gasteiger partial charge in [-0.3, -0.25) is 4.79 Å². The lowest BCUT2D eigenvalue weighted by atomic mass is 10.1. The Bertz CT molecular complexity index is 678. The maximum absolute atomic E-state index is 13.0. The number of benzene rings is 2. The summed E-state index contributed by atoms with van der Waals surface area (Å²) in [5.74, 6) is -0.846. The van der Waals surface area contributed by atoms with Crippen LogP contribution in [0.25, 0.3) is 0 Å². The smallest absolute Gasteiger partial charge is 0.259 e. The van der Waals surface area contributed by atoms with E-state index in [-0.39, 0.29) is 16.5 Å². The van der Waals surface area contributed by atoms with E-state index in [1.54, 1.807) is 25.2 Å². The number of hydrogen-bond acceptors (Lipinski definition) is 2. The van der Waals surface area contributed by atoms with E-state index < -0.39 is 5.82 Å². The zero-order valence-electron chi connectivity index (χ0n) is 10.5. The lowest BCUT2D eigenvalue weighted by molar-refractivity contribution is 0.0993. The molecule has 104 valence electrons. The van der Waals surface area contributed by atoms with Crippen LogP contribution in [0, 0.1) is 5.82 Å². The van der Waals surface area contributed by atoms with Gasteiger partial charge in [0.15, 0.2) is 0 Å². The van der Waals surface area contributed by atoms with Crippen molar-refractivity contribution in [2.45, 2.75) is 0 Å². The topological polar surface area (TPSA) is 46.3 Å². The minimum Gasteiger partial charge on any atom is -0.397 e. The number of nitrogens with two attached hydrogens (primary N) is 1. The van der Waals surface area contributed by atoms with Crippen molar-refractivity contribution in [1.82, 2.24) is 0 Å². The molecular formula is C14H11BrClFN2O. The van der Waals surface area contributed by atoms with Crippen molar-refractivity contribution in [2.75, 3.05) is 17.7 Å². The van der Waals surface area contributed by atoms with Gasteiger partial charge in [0.1, 0.15) is 5.82 Å². The van der Waals surface area contributed by atoms with E-state index in [1.165, 1.54) is 17.0 Å².